The third-order valence-corrected chi connectivity index (χ3v) is 9.64. The summed E-state index contributed by atoms with van der Waals surface area (Å²) in [6, 6.07) is 4.39. The van der Waals surface area contributed by atoms with E-state index in [0.717, 1.165) is 0 Å². The molecule has 7 amide bonds. The van der Waals surface area contributed by atoms with Crippen LogP contribution in [0.3, 0.4) is 0 Å². The topological polar surface area (TPSA) is 298 Å². The SMILES string of the molecule is COC(=O)c1cc(NC(=O)c2nc(NC(=O)CCNC(=O)c3cc(NC(=O)c4nc(NC(=O)CCNC(=O)c5cc(NC(=O)c6nccn6C)cn5C)cn4C)cn3C)cn2C)cn1C. The van der Waals surface area contributed by atoms with Gasteiger partial charge >= 0.3 is 5.97 Å². The van der Waals surface area contributed by atoms with Gasteiger partial charge in [0, 0.05) is 112 Å². The molecule has 7 N–H and O–H groups in total. The first-order valence-corrected chi connectivity index (χ1v) is 19.6. The number of nitrogens with zero attached hydrogens (tertiary/aromatic N) is 9. The third-order valence-electron chi connectivity index (χ3n) is 9.64. The van der Waals surface area contributed by atoms with Crippen LogP contribution in [0.2, 0.25) is 0 Å². The number of hydrogen-bond acceptors (Lipinski definition) is 12. The highest BCUT2D eigenvalue weighted by Crippen LogP contribution is 2.18. The van der Waals surface area contributed by atoms with Crippen LogP contribution in [0.25, 0.3) is 0 Å². The second-order valence-electron chi connectivity index (χ2n) is 14.6. The number of methoxy groups -OCH3 is 1. The van der Waals surface area contributed by atoms with Crippen LogP contribution < -0.4 is 37.2 Å². The van der Waals surface area contributed by atoms with E-state index in [0.29, 0.717) is 11.4 Å². The summed E-state index contributed by atoms with van der Waals surface area (Å²) >= 11 is 0. The minimum Gasteiger partial charge on any atom is -0.464 e. The van der Waals surface area contributed by atoms with Gasteiger partial charge in [0.2, 0.25) is 23.5 Å². The maximum absolute atomic E-state index is 13.2. The van der Waals surface area contributed by atoms with Crippen LogP contribution in [0, 0.1) is 0 Å². The first-order valence-electron chi connectivity index (χ1n) is 19.6. The predicted octanol–water partition coefficient (Wildman–Crippen LogP) is 0.963. The highest BCUT2D eigenvalue weighted by atomic mass is 16.5. The summed E-state index contributed by atoms with van der Waals surface area (Å²) in [6.45, 7) is -0.0694. The Bertz CT molecular complexity index is 2830. The van der Waals surface area contributed by atoms with Crippen LogP contribution in [0.5, 0.6) is 0 Å². The predicted molar refractivity (Wildman–Crippen MR) is 232 cm³/mol. The average molecular weight is 895 g/mol. The molecule has 6 aromatic rings. The summed E-state index contributed by atoms with van der Waals surface area (Å²) in [5.41, 5.74) is 1.66. The zero-order valence-electron chi connectivity index (χ0n) is 36.3. The van der Waals surface area contributed by atoms with Crippen molar-refractivity contribution >= 4 is 76.0 Å². The van der Waals surface area contributed by atoms with Crippen molar-refractivity contribution in [2.24, 2.45) is 42.3 Å². The van der Waals surface area contributed by atoms with E-state index in [4.69, 9.17) is 4.74 Å². The van der Waals surface area contributed by atoms with E-state index in [1.165, 1.54) is 79.1 Å². The van der Waals surface area contributed by atoms with Crippen molar-refractivity contribution < 1.29 is 43.1 Å². The van der Waals surface area contributed by atoms with Crippen LogP contribution >= 0.6 is 0 Å². The van der Waals surface area contributed by atoms with Gasteiger partial charge in [0.25, 0.3) is 29.5 Å². The fourth-order valence-electron chi connectivity index (χ4n) is 6.45. The molecule has 0 saturated carbocycles. The maximum atomic E-state index is 13.2. The molecule has 0 unspecified atom stereocenters. The molecule has 0 aliphatic heterocycles. The van der Waals surface area contributed by atoms with Gasteiger partial charge < -0.3 is 69.4 Å². The molecule has 25 heteroatoms. The number of ether oxygens (including phenoxy) is 1. The molecule has 0 aromatic carbocycles. The Labute approximate surface area is 369 Å². The molecule has 0 spiro atoms. The Hall–Kier alpha value is -8.77. The quantitative estimate of drug-likeness (QED) is 0.0631. The number of hydrogen-bond donors (Lipinski definition) is 7. The number of esters is 1. The Balaban J connectivity index is 0.923. The van der Waals surface area contributed by atoms with Crippen LogP contribution in [-0.4, -0.2) is 110 Å². The van der Waals surface area contributed by atoms with E-state index in [1.807, 2.05) is 0 Å². The molecule has 0 radical (unpaired) electrons. The Kier molecular flexibility index (Phi) is 13.7. The molecule has 6 heterocycles. The summed E-state index contributed by atoms with van der Waals surface area (Å²) < 4.78 is 13.6. The third kappa shape index (κ3) is 11.0. The maximum Gasteiger partial charge on any atom is 0.354 e. The van der Waals surface area contributed by atoms with Gasteiger partial charge in [-0.1, -0.05) is 0 Å². The largest absolute Gasteiger partial charge is 0.464 e. The van der Waals surface area contributed by atoms with Gasteiger partial charge in [-0.05, 0) is 18.2 Å². The second-order valence-corrected chi connectivity index (χ2v) is 14.6. The van der Waals surface area contributed by atoms with Gasteiger partial charge in [0.15, 0.2) is 17.5 Å². The average Bonchev–Trinajstić information content (AvgIpc) is 4.11. The summed E-state index contributed by atoms with van der Waals surface area (Å²) in [5.74, 6) is -3.84. The van der Waals surface area contributed by atoms with E-state index in [1.54, 1.807) is 59.2 Å². The van der Waals surface area contributed by atoms with Crippen LogP contribution in [0.1, 0.15) is 76.2 Å². The van der Waals surface area contributed by atoms with Crippen LogP contribution in [0.15, 0.2) is 61.6 Å². The molecule has 6 rings (SSSR count). The molecule has 0 fully saturated rings. The van der Waals surface area contributed by atoms with Crippen molar-refractivity contribution in [3.8, 4) is 0 Å². The number of imidazole rings is 3. The van der Waals surface area contributed by atoms with Crippen molar-refractivity contribution in [2.75, 3.05) is 46.8 Å². The summed E-state index contributed by atoms with van der Waals surface area (Å²) in [7, 11) is 10.9. The van der Waals surface area contributed by atoms with Crippen molar-refractivity contribution in [2.45, 2.75) is 12.8 Å². The molecule has 0 bridgehead atoms. The van der Waals surface area contributed by atoms with Crippen molar-refractivity contribution in [3.63, 3.8) is 0 Å². The van der Waals surface area contributed by atoms with Gasteiger partial charge in [0.05, 0.1) is 24.2 Å². The Morgan fingerprint density at radius 3 is 1.29 bits per heavy atom. The zero-order valence-corrected chi connectivity index (χ0v) is 36.3. The summed E-state index contributed by atoms with van der Waals surface area (Å²) in [4.78, 5) is 114. The molecule has 0 atom stereocenters. The first kappa shape index (κ1) is 45.7. The van der Waals surface area contributed by atoms with E-state index in [-0.39, 0.29) is 77.8 Å². The standard InChI is InChI=1S/C40H46N16O9/c1-51-13-12-41-32(51)37(61)44-22-14-25(52(2)17-22)35(59)42-10-8-30(57)47-28-20-55(5)33(49-28)38(62)45-23-15-26(53(3)18-23)36(60)43-11-9-31(58)48-29-21-56(6)34(50-29)39(63)46-24-16-27(40(64)65-7)54(4)19-24/h12-21H,8-11H2,1-7H3,(H,42,59)(H,43,60)(H,44,61)(H,45,62)(H,46,63)(H,47,57)(H,48,58). The van der Waals surface area contributed by atoms with Crippen molar-refractivity contribution in [1.29, 1.82) is 0 Å². The summed E-state index contributed by atoms with van der Waals surface area (Å²) in [6.07, 6.45) is 10.4. The Morgan fingerprint density at radius 1 is 0.492 bits per heavy atom. The molecular formula is C40H46N16O9. The number of aromatic nitrogens is 9. The van der Waals surface area contributed by atoms with E-state index in [2.05, 4.69) is 52.2 Å². The fourth-order valence-corrected chi connectivity index (χ4v) is 6.45. The smallest absolute Gasteiger partial charge is 0.354 e. The van der Waals surface area contributed by atoms with Gasteiger partial charge in [-0.15, -0.1) is 0 Å². The molecule has 0 aliphatic carbocycles. The van der Waals surface area contributed by atoms with Gasteiger partial charge in [-0.2, -0.15) is 0 Å². The highest BCUT2D eigenvalue weighted by molar-refractivity contribution is 6.05. The van der Waals surface area contributed by atoms with Crippen molar-refractivity contribution in [3.05, 3.63) is 96.1 Å². The van der Waals surface area contributed by atoms with Crippen LogP contribution in [0.4, 0.5) is 28.7 Å². The lowest BCUT2D eigenvalue weighted by molar-refractivity contribution is -0.116. The van der Waals surface area contributed by atoms with Crippen LogP contribution in [-0.2, 0) is 56.6 Å². The Morgan fingerprint density at radius 2 is 0.892 bits per heavy atom. The lowest BCUT2D eigenvalue weighted by Gasteiger charge is -2.06. The monoisotopic (exact) mass is 894 g/mol. The number of carbonyl (C=O) groups excluding carboxylic acids is 8. The number of rotatable bonds is 17. The van der Waals surface area contributed by atoms with Crippen molar-refractivity contribution in [1.82, 2.24) is 53.0 Å². The minimum absolute atomic E-state index is 0.0127. The fraction of sp³-hybridized carbons (Fsp3) is 0.275. The molecule has 340 valence electrons. The molecule has 0 aliphatic rings. The van der Waals surface area contributed by atoms with Gasteiger partial charge in [-0.25, -0.2) is 19.7 Å². The normalized spacial score (nSPS) is 10.8. The number of nitrogens with one attached hydrogen (secondary N) is 7. The zero-order chi connectivity index (χ0) is 47.1. The molecule has 25 nitrogen and oxygen atoms in total. The van der Waals surface area contributed by atoms with E-state index in [9.17, 15) is 38.4 Å². The second kappa shape index (κ2) is 19.5. The lowest BCUT2D eigenvalue weighted by Crippen LogP contribution is -2.29. The van der Waals surface area contributed by atoms with Gasteiger partial charge in [-0.3, -0.25) is 33.6 Å². The van der Waals surface area contributed by atoms with Gasteiger partial charge in [0.1, 0.15) is 17.1 Å². The minimum atomic E-state index is -0.629. The molecular weight excluding hydrogens is 849 g/mol. The first-order chi connectivity index (χ1) is 30.9. The molecule has 6 aromatic heterocycles. The number of anilines is 5. The molecule has 0 saturated heterocycles. The number of carbonyl (C=O) groups is 8. The lowest BCUT2D eigenvalue weighted by atomic mass is 10.3. The highest BCUT2D eigenvalue weighted by Gasteiger charge is 2.22. The molecule has 65 heavy (non-hydrogen) atoms. The number of aryl methyl sites for hydroxylation is 6. The number of amides is 7. The summed E-state index contributed by atoms with van der Waals surface area (Å²) in [5, 5.41) is 18.5. The van der Waals surface area contributed by atoms with E-state index < -0.39 is 47.3 Å². The van der Waals surface area contributed by atoms with E-state index >= 15 is 0 Å².